The molecule has 6 heteroatoms. The van der Waals surface area contributed by atoms with Crippen molar-refractivity contribution in [2.75, 3.05) is 13.1 Å². The van der Waals surface area contributed by atoms with Crippen LogP contribution in [0.15, 0.2) is 67.3 Å². The Hall–Kier alpha value is -2.99. The molecule has 2 aromatic carbocycles. The number of hydrogen-bond donors (Lipinski definition) is 0. The molecule has 0 N–H and O–H groups in total. The predicted molar refractivity (Wildman–Crippen MR) is 105 cm³/mol. The Bertz CT molecular complexity index is 1030. The molecule has 0 bridgehead atoms. The van der Waals surface area contributed by atoms with E-state index in [1.807, 2.05) is 35.4 Å². The predicted octanol–water partition coefficient (Wildman–Crippen LogP) is 3.45. The van der Waals surface area contributed by atoms with E-state index < -0.39 is 0 Å². The molecule has 27 heavy (non-hydrogen) atoms. The monoisotopic (exact) mass is 358 g/mol. The van der Waals surface area contributed by atoms with Crippen LogP contribution in [0.25, 0.3) is 16.7 Å². The molecule has 1 fully saturated rings. The summed E-state index contributed by atoms with van der Waals surface area (Å²) in [6.45, 7) is 3.12. The number of para-hydroxylation sites is 2. The number of hydrogen-bond acceptors (Lipinski definition) is 4. The smallest absolute Gasteiger partial charge is 0.113 e. The molecule has 1 saturated heterocycles. The zero-order valence-electron chi connectivity index (χ0n) is 15.1. The van der Waals surface area contributed by atoms with Gasteiger partial charge < -0.3 is 4.57 Å². The van der Waals surface area contributed by atoms with Crippen LogP contribution in [0.3, 0.4) is 0 Å². The molecule has 6 nitrogen and oxygen atoms in total. The van der Waals surface area contributed by atoms with Crippen LogP contribution in [0, 0.1) is 0 Å². The maximum absolute atomic E-state index is 4.40. The average molecular weight is 358 g/mol. The summed E-state index contributed by atoms with van der Waals surface area (Å²) in [6.07, 6.45) is 8.19. The molecule has 0 unspecified atom stereocenters. The lowest BCUT2D eigenvalue weighted by Gasteiger charge is -2.32. The molecule has 0 amide bonds. The molecule has 0 atom stereocenters. The summed E-state index contributed by atoms with van der Waals surface area (Å²) in [4.78, 5) is 6.72. The average Bonchev–Trinajstić information content (AvgIpc) is 3.39. The zero-order valence-corrected chi connectivity index (χ0v) is 15.1. The summed E-state index contributed by atoms with van der Waals surface area (Å²) in [5, 5.41) is 8.72. The van der Waals surface area contributed by atoms with Crippen LogP contribution in [0.1, 0.15) is 24.4 Å². The molecule has 2 aromatic heterocycles. The van der Waals surface area contributed by atoms with E-state index in [1.54, 1.807) is 0 Å². The van der Waals surface area contributed by atoms with E-state index in [4.69, 9.17) is 0 Å². The van der Waals surface area contributed by atoms with Crippen molar-refractivity contribution >= 4 is 11.0 Å². The van der Waals surface area contributed by atoms with Gasteiger partial charge in [0.05, 0.1) is 17.5 Å². The van der Waals surface area contributed by atoms with Crippen LogP contribution in [-0.2, 0) is 6.54 Å². The van der Waals surface area contributed by atoms with Crippen molar-refractivity contribution in [2.45, 2.75) is 25.4 Å². The third-order valence-electron chi connectivity index (χ3n) is 5.47. The molecule has 3 heterocycles. The van der Waals surface area contributed by atoms with E-state index in [0.29, 0.717) is 6.04 Å². The molecular formula is C21H22N6. The van der Waals surface area contributed by atoms with Gasteiger partial charge in [-0.1, -0.05) is 35.5 Å². The molecule has 5 rings (SSSR count). The maximum atomic E-state index is 4.40. The highest BCUT2D eigenvalue weighted by molar-refractivity contribution is 5.76. The van der Waals surface area contributed by atoms with Gasteiger partial charge in [0.25, 0.3) is 0 Å². The van der Waals surface area contributed by atoms with Crippen LogP contribution < -0.4 is 0 Å². The maximum Gasteiger partial charge on any atom is 0.113 e. The lowest BCUT2D eigenvalue weighted by Crippen LogP contribution is -2.34. The van der Waals surface area contributed by atoms with Gasteiger partial charge in [-0.2, -0.15) is 0 Å². The third-order valence-corrected chi connectivity index (χ3v) is 5.47. The normalized spacial score (nSPS) is 16.1. The first kappa shape index (κ1) is 16.2. The van der Waals surface area contributed by atoms with Crippen LogP contribution in [-0.4, -0.2) is 42.5 Å². The Labute approximate surface area is 158 Å². The van der Waals surface area contributed by atoms with E-state index in [0.717, 1.165) is 49.2 Å². The first-order valence-corrected chi connectivity index (χ1v) is 9.47. The largest absolute Gasteiger partial charge is 0.334 e. The van der Waals surface area contributed by atoms with E-state index in [-0.39, 0.29) is 0 Å². The number of imidazole rings is 1. The van der Waals surface area contributed by atoms with Crippen LogP contribution in [0.4, 0.5) is 0 Å². The van der Waals surface area contributed by atoms with Crippen LogP contribution >= 0.6 is 0 Å². The summed E-state index contributed by atoms with van der Waals surface area (Å²) < 4.78 is 4.20. The van der Waals surface area contributed by atoms with E-state index in [2.05, 4.69) is 61.3 Å². The minimum Gasteiger partial charge on any atom is -0.334 e. The third kappa shape index (κ3) is 3.13. The van der Waals surface area contributed by atoms with Crippen molar-refractivity contribution in [3.63, 3.8) is 0 Å². The number of nitrogens with zero attached hydrogens (tertiary/aromatic N) is 6. The summed E-state index contributed by atoms with van der Waals surface area (Å²) in [6, 6.07) is 17.2. The SMILES string of the molecule is c1ccc(-n2nnc3ccccc32)c(CN2CCC(n3ccnc3)CC2)c1. The van der Waals surface area contributed by atoms with Crippen molar-refractivity contribution < 1.29 is 0 Å². The highest BCUT2D eigenvalue weighted by atomic mass is 15.4. The fourth-order valence-corrected chi connectivity index (χ4v) is 4.00. The number of benzene rings is 2. The Morgan fingerprint density at radius 2 is 1.78 bits per heavy atom. The van der Waals surface area contributed by atoms with Gasteiger partial charge in [-0.05, 0) is 36.6 Å². The van der Waals surface area contributed by atoms with Gasteiger partial charge in [-0.3, -0.25) is 4.90 Å². The number of likely N-dealkylation sites (tertiary alicyclic amines) is 1. The van der Waals surface area contributed by atoms with Crippen molar-refractivity contribution in [3.05, 3.63) is 72.8 Å². The van der Waals surface area contributed by atoms with Crippen LogP contribution in [0.2, 0.25) is 0 Å². The standard InChI is InChI=1S/C21H22N6/c1-3-7-20(27-21-8-4-2-6-19(21)23-24-27)17(5-1)15-25-12-9-18(10-13-25)26-14-11-22-16-26/h1-8,11,14,16,18H,9-10,12-13,15H2. The summed E-state index contributed by atoms with van der Waals surface area (Å²) in [5.41, 5.74) is 4.37. The van der Waals surface area contributed by atoms with Crippen molar-refractivity contribution in [1.29, 1.82) is 0 Å². The Morgan fingerprint density at radius 1 is 0.963 bits per heavy atom. The fraction of sp³-hybridized carbons (Fsp3) is 0.286. The van der Waals surface area contributed by atoms with E-state index in [1.165, 1.54) is 5.56 Å². The number of fused-ring (bicyclic) bond motifs is 1. The molecule has 0 spiro atoms. The second-order valence-corrected chi connectivity index (χ2v) is 7.14. The van der Waals surface area contributed by atoms with Gasteiger partial charge >= 0.3 is 0 Å². The van der Waals surface area contributed by atoms with Gasteiger partial charge in [0.15, 0.2) is 0 Å². The quantitative estimate of drug-likeness (QED) is 0.561. The van der Waals surface area contributed by atoms with Crippen molar-refractivity contribution in [1.82, 2.24) is 29.4 Å². The van der Waals surface area contributed by atoms with Crippen LogP contribution in [0.5, 0.6) is 0 Å². The minimum absolute atomic E-state index is 0.568. The molecule has 0 radical (unpaired) electrons. The fourth-order valence-electron chi connectivity index (χ4n) is 4.00. The number of aromatic nitrogens is 5. The zero-order chi connectivity index (χ0) is 18.1. The summed E-state index contributed by atoms with van der Waals surface area (Å²) >= 11 is 0. The van der Waals surface area contributed by atoms with Gasteiger partial charge in [-0.25, -0.2) is 9.67 Å². The molecule has 1 aliphatic heterocycles. The van der Waals surface area contributed by atoms with E-state index in [9.17, 15) is 0 Å². The molecule has 1 aliphatic rings. The Morgan fingerprint density at radius 3 is 2.63 bits per heavy atom. The number of rotatable bonds is 4. The summed E-state index contributed by atoms with van der Waals surface area (Å²) in [5.74, 6) is 0. The van der Waals surface area contributed by atoms with Gasteiger partial charge in [-0.15, -0.1) is 5.10 Å². The highest BCUT2D eigenvalue weighted by Crippen LogP contribution is 2.25. The summed E-state index contributed by atoms with van der Waals surface area (Å²) in [7, 11) is 0. The van der Waals surface area contributed by atoms with Crippen molar-refractivity contribution in [3.8, 4) is 5.69 Å². The Kier molecular flexibility index (Phi) is 4.18. The van der Waals surface area contributed by atoms with Gasteiger partial charge in [0, 0.05) is 38.1 Å². The van der Waals surface area contributed by atoms with Crippen molar-refractivity contribution in [2.24, 2.45) is 0 Å². The lowest BCUT2D eigenvalue weighted by atomic mass is 10.0. The molecular weight excluding hydrogens is 336 g/mol. The second kappa shape index (κ2) is 6.96. The topological polar surface area (TPSA) is 51.8 Å². The first-order valence-electron chi connectivity index (χ1n) is 9.47. The van der Waals surface area contributed by atoms with Gasteiger partial charge in [0.1, 0.15) is 5.52 Å². The Balaban J connectivity index is 1.36. The van der Waals surface area contributed by atoms with E-state index >= 15 is 0 Å². The molecule has 0 saturated carbocycles. The molecule has 4 aromatic rings. The highest BCUT2D eigenvalue weighted by Gasteiger charge is 2.21. The van der Waals surface area contributed by atoms with Gasteiger partial charge in [0.2, 0.25) is 0 Å². The second-order valence-electron chi connectivity index (χ2n) is 7.14. The first-order chi connectivity index (χ1) is 13.4. The molecule has 136 valence electrons. The number of piperidine rings is 1. The molecule has 0 aliphatic carbocycles. The minimum atomic E-state index is 0.568. The lowest BCUT2D eigenvalue weighted by molar-refractivity contribution is 0.179.